The van der Waals surface area contributed by atoms with E-state index in [-0.39, 0.29) is 85.6 Å². The molecule has 5 fully saturated rings. The van der Waals surface area contributed by atoms with Crippen molar-refractivity contribution in [2.75, 3.05) is 59.7 Å². The van der Waals surface area contributed by atoms with Gasteiger partial charge in [0, 0.05) is 88.1 Å². The molecule has 4 aromatic heterocycles. The SMILES string of the molecule is CCC(=O)N[C@H]1C[C@@H](n2cnc3c(NCC(c4ccccc4)c4ccccc4)nc(N4CC[C@@H](NC(=O)NC5CCC(NC(=O)N[C@H]6CCN(c7nc(NCC(c8ccccc8)c8ccccc8)c8ncn([C@@H]9C[C@H](NC(=O)CC)[C@@H](O)[C@H]9O)c8n7)C6)CC5)C4)nc32)[C@H](O)[C@@H]1O. The maximum Gasteiger partial charge on any atom is 0.315 e. The number of aliphatic hydroxyl groups is 4. The largest absolute Gasteiger partial charge is 0.388 e. The molecule has 4 aromatic carbocycles. The number of nitrogens with one attached hydrogen (secondary N) is 8. The molecule has 0 unspecified atom stereocenters. The summed E-state index contributed by atoms with van der Waals surface area (Å²) in [6, 6.07) is 37.2. The highest BCUT2D eigenvalue weighted by atomic mass is 16.3. The Kier molecular flexibility index (Phi) is 19.8. The van der Waals surface area contributed by atoms with E-state index in [9.17, 15) is 39.6 Å². The monoisotopic (exact) mass is 1310 g/mol. The highest BCUT2D eigenvalue weighted by molar-refractivity contribution is 5.86. The summed E-state index contributed by atoms with van der Waals surface area (Å²) < 4.78 is 3.55. The Labute approximate surface area is 556 Å². The number of imidazole rings is 2. The zero-order valence-electron chi connectivity index (χ0n) is 54.0. The van der Waals surface area contributed by atoms with Crippen molar-refractivity contribution in [1.82, 2.24) is 70.9 Å². The van der Waals surface area contributed by atoms with Crippen molar-refractivity contribution in [2.24, 2.45) is 0 Å². The van der Waals surface area contributed by atoms with Crippen LogP contribution < -0.4 is 52.3 Å². The van der Waals surface area contributed by atoms with Gasteiger partial charge in [-0.15, -0.1) is 0 Å². The van der Waals surface area contributed by atoms with Crippen molar-refractivity contribution >= 4 is 69.7 Å². The van der Waals surface area contributed by atoms with E-state index in [4.69, 9.17) is 29.9 Å². The maximum absolute atomic E-state index is 13.7. The summed E-state index contributed by atoms with van der Waals surface area (Å²) in [5.41, 5.74) is 6.39. The van der Waals surface area contributed by atoms with Gasteiger partial charge in [0.2, 0.25) is 23.7 Å². The summed E-state index contributed by atoms with van der Waals surface area (Å²) in [5.74, 6) is 1.32. The standard InChI is InChI=1S/C70H86N18O8/c1-3-55(89)79-51-33-53(61(93)59(51)91)87-39-73-57-63(71-35-49(41-17-9-5-10-18-41)42-19-11-6-12-20-42)81-67(83-65(57)87)85-31-29-47(37-85)77-69(95)75-45-25-27-46(28-26-45)76-70(96)78-48-30-32-86(38-48)68-82-64(72-36-50(43-21-13-7-14-22-43)44-23-15-8-16-24-44)58-66(84-68)88(40-74-58)54-34-52(60(92)62(54)94)80-56(90)4-2/h5-24,39-40,45-54,59-62,91-94H,3-4,25-38H2,1-2H3,(H,79,89)(H,80,90)(H,71,81,83)(H,72,82,84)(H2,75,77,95)(H2,76,78,96)/t45?,46?,47-,48+,51-,52-,53+,54+,59+,60+,61-,62-/m0/s1. The van der Waals surface area contributed by atoms with Crippen molar-refractivity contribution in [1.29, 1.82) is 0 Å². The topological polar surface area (TPSA) is 339 Å². The molecule has 0 spiro atoms. The van der Waals surface area contributed by atoms with Gasteiger partial charge in [-0.25, -0.2) is 19.6 Å². The van der Waals surface area contributed by atoms with E-state index in [0.717, 1.165) is 22.3 Å². The maximum atomic E-state index is 13.7. The minimum Gasteiger partial charge on any atom is -0.388 e. The zero-order valence-corrected chi connectivity index (χ0v) is 54.0. The Hall–Kier alpha value is -9.50. The van der Waals surface area contributed by atoms with Gasteiger partial charge in [-0.05, 0) is 73.6 Å². The number of rotatable bonds is 22. The Morgan fingerprint density at radius 1 is 0.448 bits per heavy atom. The second kappa shape index (κ2) is 29.2. The molecule has 12 N–H and O–H groups in total. The number of aromatic nitrogens is 8. The number of amides is 6. The quantitative estimate of drug-likeness (QED) is 0.0407. The predicted octanol–water partition coefficient (Wildman–Crippen LogP) is 5.34. The van der Waals surface area contributed by atoms with Gasteiger partial charge >= 0.3 is 12.1 Å². The molecule has 26 heteroatoms. The molecule has 2 saturated heterocycles. The first kappa shape index (κ1) is 65.2. The van der Waals surface area contributed by atoms with Crippen LogP contribution in [0.1, 0.15) is 124 Å². The van der Waals surface area contributed by atoms with E-state index in [0.29, 0.717) is 124 Å². The van der Waals surface area contributed by atoms with E-state index < -0.39 is 48.6 Å². The van der Waals surface area contributed by atoms with Crippen LogP contribution >= 0.6 is 0 Å². The lowest BCUT2D eigenvalue weighted by Crippen LogP contribution is -2.51. The van der Waals surface area contributed by atoms with Crippen molar-refractivity contribution in [3.05, 3.63) is 156 Å². The molecule has 3 saturated carbocycles. The van der Waals surface area contributed by atoms with Crippen molar-refractivity contribution in [2.45, 2.75) is 163 Å². The van der Waals surface area contributed by atoms with Crippen LogP contribution in [0.5, 0.6) is 0 Å². The van der Waals surface area contributed by atoms with Gasteiger partial charge in [0.1, 0.15) is 24.4 Å². The highest BCUT2D eigenvalue weighted by Crippen LogP contribution is 2.38. The first-order chi connectivity index (χ1) is 46.7. The van der Waals surface area contributed by atoms with E-state index >= 15 is 0 Å². The van der Waals surface area contributed by atoms with Gasteiger partial charge in [-0.2, -0.15) is 19.9 Å². The molecule has 5 aliphatic rings. The molecule has 96 heavy (non-hydrogen) atoms. The highest BCUT2D eigenvalue weighted by Gasteiger charge is 2.46. The van der Waals surface area contributed by atoms with E-state index in [1.165, 1.54) is 0 Å². The van der Waals surface area contributed by atoms with E-state index in [1.807, 2.05) is 82.6 Å². The third kappa shape index (κ3) is 14.4. The van der Waals surface area contributed by atoms with Gasteiger partial charge in [0.05, 0.1) is 36.8 Å². The smallest absolute Gasteiger partial charge is 0.315 e. The van der Waals surface area contributed by atoms with Crippen molar-refractivity contribution in [3.8, 4) is 0 Å². The fourth-order valence-corrected chi connectivity index (χ4v) is 14.6. The molecule has 6 amide bonds. The Bertz CT molecular complexity index is 3640. The minimum absolute atomic E-state index is 0.0382. The van der Waals surface area contributed by atoms with E-state index in [2.05, 4.69) is 91.1 Å². The van der Waals surface area contributed by atoms with Crippen molar-refractivity contribution in [3.63, 3.8) is 0 Å². The lowest BCUT2D eigenvalue weighted by molar-refractivity contribution is -0.123. The third-order valence-electron chi connectivity index (χ3n) is 19.9. The normalized spacial score (nSPS) is 25.0. The number of carbonyl (C=O) groups excluding carboxylic acids is 4. The van der Waals surface area contributed by atoms with Gasteiger partial charge in [-0.3, -0.25) is 9.59 Å². The fourth-order valence-electron chi connectivity index (χ4n) is 14.6. The zero-order chi connectivity index (χ0) is 66.4. The number of benzene rings is 4. The van der Waals surface area contributed by atoms with Crippen LogP contribution in [0.4, 0.5) is 33.1 Å². The van der Waals surface area contributed by atoms with Crippen LogP contribution in [0.2, 0.25) is 0 Å². The average Bonchev–Trinajstić information content (AvgIpc) is 1.60. The van der Waals surface area contributed by atoms with Gasteiger partial charge in [-0.1, -0.05) is 135 Å². The number of carbonyl (C=O) groups is 4. The first-order valence-electron chi connectivity index (χ1n) is 33.9. The Morgan fingerprint density at radius 2 is 0.792 bits per heavy atom. The molecule has 13 rings (SSSR count). The van der Waals surface area contributed by atoms with Gasteiger partial charge in [0.25, 0.3) is 0 Å². The second-order valence-electron chi connectivity index (χ2n) is 26.2. The molecule has 2 aliphatic heterocycles. The van der Waals surface area contributed by atoms with Crippen LogP contribution in [0.25, 0.3) is 22.3 Å². The second-order valence-corrected chi connectivity index (χ2v) is 26.2. The van der Waals surface area contributed by atoms with Gasteiger partial charge < -0.3 is 81.9 Å². The predicted molar refractivity (Wildman–Crippen MR) is 363 cm³/mol. The molecule has 3 aliphatic carbocycles. The molecule has 10 atom stereocenters. The van der Waals surface area contributed by atoms with Crippen LogP contribution in [0.3, 0.4) is 0 Å². The molecule has 0 radical (unpaired) electrons. The van der Waals surface area contributed by atoms with Crippen molar-refractivity contribution < 1.29 is 39.6 Å². The van der Waals surface area contributed by atoms with Gasteiger partial charge in [0.15, 0.2) is 34.0 Å². The van der Waals surface area contributed by atoms with Crippen LogP contribution in [0.15, 0.2) is 134 Å². The van der Waals surface area contributed by atoms with Crippen LogP contribution in [0, 0.1) is 0 Å². The Morgan fingerprint density at radius 3 is 1.14 bits per heavy atom. The minimum atomic E-state index is -1.20. The number of fused-ring (bicyclic) bond motifs is 2. The van der Waals surface area contributed by atoms with Crippen LogP contribution in [-0.4, -0.2) is 183 Å². The number of anilines is 4. The number of aliphatic hydroxyl groups excluding tert-OH is 4. The summed E-state index contributed by atoms with van der Waals surface area (Å²) in [5, 5.41) is 70.8. The summed E-state index contributed by atoms with van der Waals surface area (Å²) >= 11 is 0. The van der Waals surface area contributed by atoms with E-state index in [1.54, 1.807) is 35.6 Å². The number of urea groups is 2. The third-order valence-corrected chi connectivity index (χ3v) is 19.9. The summed E-state index contributed by atoms with van der Waals surface area (Å²) in [7, 11) is 0. The molecule has 8 aromatic rings. The first-order valence-corrected chi connectivity index (χ1v) is 33.9. The molecule has 6 heterocycles. The lowest BCUT2D eigenvalue weighted by Gasteiger charge is -2.30. The fraction of sp³-hybridized carbons (Fsp3) is 0.457. The number of hydrogen-bond donors (Lipinski definition) is 12. The summed E-state index contributed by atoms with van der Waals surface area (Å²) in [6.07, 6.45) is 3.39. The van der Waals surface area contributed by atoms with Crippen LogP contribution in [-0.2, 0) is 9.59 Å². The lowest BCUT2D eigenvalue weighted by atomic mass is 9.91. The molecule has 26 nitrogen and oxygen atoms in total. The summed E-state index contributed by atoms with van der Waals surface area (Å²) in [4.78, 5) is 86.3. The Balaban J connectivity index is 0.628. The molecular weight excluding hydrogens is 1220 g/mol. The molecular formula is C70H86N18O8. The molecule has 504 valence electrons. The average molecular weight is 1310 g/mol. The summed E-state index contributed by atoms with van der Waals surface area (Å²) in [6.45, 7) is 6.39. The number of hydrogen-bond acceptors (Lipinski definition) is 18. The number of nitrogens with zero attached hydrogens (tertiary/aromatic N) is 10. The molecule has 0 bridgehead atoms.